The summed E-state index contributed by atoms with van der Waals surface area (Å²) in [4.78, 5) is 31.5. The topological polar surface area (TPSA) is 116 Å². The van der Waals surface area contributed by atoms with E-state index in [4.69, 9.17) is 9.26 Å². The second-order valence-electron chi connectivity index (χ2n) is 3.94. The molecule has 9 heteroatoms. The molecule has 1 aromatic carbocycles. The molecule has 2 rings (SSSR count). The van der Waals surface area contributed by atoms with Gasteiger partial charge in [0.1, 0.15) is 12.9 Å². The lowest BCUT2D eigenvalue weighted by Gasteiger charge is -2.09. The molecule has 114 valence electrons. The number of carbonyl (C=O) groups excluding carboxylic acids is 2. The van der Waals surface area contributed by atoms with Gasteiger partial charge in [0.15, 0.2) is 12.0 Å². The van der Waals surface area contributed by atoms with E-state index in [0.29, 0.717) is 5.56 Å². The Morgan fingerprint density at radius 1 is 1.32 bits per heavy atom. The number of amides is 2. The Kier molecular flexibility index (Phi) is 4.81. The highest BCUT2D eigenvalue weighted by atomic mass is 16.6. The summed E-state index contributed by atoms with van der Waals surface area (Å²) in [5, 5.41) is 9.17. The summed E-state index contributed by atoms with van der Waals surface area (Å²) in [6.07, 6.45) is 1.07. The molecule has 2 amide bonds. The summed E-state index contributed by atoms with van der Waals surface area (Å²) in [5.41, 5.74) is 0.161. The van der Waals surface area contributed by atoms with Crippen LogP contribution in [-0.4, -0.2) is 34.8 Å². The molecule has 0 aliphatic rings. The number of nitrogens with zero attached hydrogens (tertiary/aromatic N) is 3. The molecule has 0 saturated carbocycles. The number of aromatic nitrogens is 2. The van der Waals surface area contributed by atoms with Gasteiger partial charge in [-0.2, -0.15) is 4.98 Å². The molecule has 1 N–H and O–H groups in total. The number of nitrogens with one attached hydrogen (secondary N) is 1. The maximum atomic E-state index is 12.0. The van der Waals surface area contributed by atoms with Gasteiger partial charge in [-0.15, -0.1) is 0 Å². The number of hydrogen-bond acceptors (Lipinski definition) is 8. The Morgan fingerprint density at radius 2 is 2.09 bits per heavy atom. The number of benzene rings is 1. The minimum absolute atomic E-state index is 0.101. The smallest absolute Gasteiger partial charge is 0.409 e. The van der Waals surface area contributed by atoms with Crippen molar-refractivity contribution in [1.29, 1.82) is 0 Å². The Balaban J connectivity index is 2.37. The monoisotopic (exact) mass is 304 g/mol. The molecule has 0 unspecified atom stereocenters. The van der Waals surface area contributed by atoms with Crippen molar-refractivity contribution < 1.29 is 23.7 Å². The van der Waals surface area contributed by atoms with Crippen molar-refractivity contribution in [2.45, 2.75) is 6.92 Å². The van der Waals surface area contributed by atoms with Crippen LogP contribution >= 0.6 is 0 Å². The fraction of sp³-hybridized carbons (Fsp3) is 0.154. The summed E-state index contributed by atoms with van der Waals surface area (Å²) < 4.78 is 10.1. The van der Waals surface area contributed by atoms with Crippen molar-refractivity contribution in [3.8, 4) is 11.8 Å². The quantitative estimate of drug-likeness (QED) is 0.643. The average molecular weight is 304 g/mol. The van der Waals surface area contributed by atoms with Crippen LogP contribution in [0.1, 0.15) is 12.5 Å². The SMILES string of the molecule is CO/N=C(/C(=O)NC(C)=O)c1ccccc1Oc1ncno1. The number of carbonyl (C=O) groups is 2. The van der Waals surface area contributed by atoms with Gasteiger partial charge >= 0.3 is 6.08 Å². The van der Waals surface area contributed by atoms with E-state index in [1.165, 1.54) is 20.4 Å². The number of imide groups is 1. The molecule has 1 aromatic heterocycles. The van der Waals surface area contributed by atoms with Crippen LogP contribution in [0.5, 0.6) is 11.8 Å². The summed E-state index contributed by atoms with van der Waals surface area (Å²) >= 11 is 0. The van der Waals surface area contributed by atoms with Gasteiger partial charge < -0.3 is 9.57 Å². The maximum Gasteiger partial charge on any atom is 0.422 e. The Labute approximate surface area is 124 Å². The summed E-state index contributed by atoms with van der Waals surface area (Å²) in [7, 11) is 1.28. The molecule has 1 heterocycles. The van der Waals surface area contributed by atoms with Gasteiger partial charge in [0.25, 0.3) is 5.91 Å². The van der Waals surface area contributed by atoms with Gasteiger partial charge in [-0.25, -0.2) is 0 Å². The van der Waals surface area contributed by atoms with Gasteiger partial charge in [0.2, 0.25) is 5.91 Å². The van der Waals surface area contributed by atoms with Crippen molar-refractivity contribution in [2.24, 2.45) is 5.16 Å². The van der Waals surface area contributed by atoms with Crippen LogP contribution in [0, 0.1) is 0 Å². The van der Waals surface area contributed by atoms with Crippen LogP contribution in [0.2, 0.25) is 0 Å². The van der Waals surface area contributed by atoms with E-state index < -0.39 is 11.8 Å². The first-order chi connectivity index (χ1) is 10.6. The maximum absolute atomic E-state index is 12.0. The normalized spacial score (nSPS) is 10.9. The first-order valence-corrected chi connectivity index (χ1v) is 6.08. The van der Waals surface area contributed by atoms with Crippen LogP contribution < -0.4 is 10.1 Å². The van der Waals surface area contributed by atoms with Crippen LogP contribution in [-0.2, 0) is 14.4 Å². The Bertz CT molecular complexity index is 696. The van der Waals surface area contributed by atoms with E-state index in [1.807, 2.05) is 0 Å². The number of rotatable bonds is 5. The molecule has 0 bridgehead atoms. The summed E-state index contributed by atoms with van der Waals surface area (Å²) in [6, 6.07) is 6.50. The van der Waals surface area contributed by atoms with Crippen LogP contribution in [0.15, 0.2) is 40.3 Å². The average Bonchev–Trinajstić information content (AvgIpc) is 2.98. The Morgan fingerprint density at radius 3 is 2.73 bits per heavy atom. The van der Waals surface area contributed by atoms with Gasteiger partial charge in [-0.3, -0.25) is 19.4 Å². The second kappa shape index (κ2) is 6.97. The van der Waals surface area contributed by atoms with E-state index in [2.05, 4.69) is 25.5 Å². The molecular weight excluding hydrogens is 292 g/mol. The minimum Gasteiger partial charge on any atom is -0.409 e. The fourth-order valence-electron chi connectivity index (χ4n) is 1.58. The highest BCUT2D eigenvalue weighted by molar-refractivity contribution is 6.47. The number of ether oxygens (including phenoxy) is 1. The van der Waals surface area contributed by atoms with E-state index in [1.54, 1.807) is 24.3 Å². The van der Waals surface area contributed by atoms with Crippen molar-refractivity contribution in [3.05, 3.63) is 36.2 Å². The lowest BCUT2D eigenvalue weighted by atomic mass is 10.1. The molecule has 0 aliphatic heterocycles. The largest absolute Gasteiger partial charge is 0.422 e. The zero-order chi connectivity index (χ0) is 15.9. The molecule has 9 nitrogen and oxygen atoms in total. The van der Waals surface area contributed by atoms with E-state index in [0.717, 1.165) is 0 Å². The summed E-state index contributed by atoms with van der Waals surface area (Å²) in [6.45, 7) is 1.21. The second-order valence-corrected chi connectivity index (χ2v) is 3.94. The van der Waals surface area contributed by atoms with Crippen LogP contribution in [0.4, 0.5) is 0 Å². The number of oxime groups is 1. The van der Waals surface area contributed by atoms with Gasteiger partial charge in [0.05, 0.1) is 5.56 Å². The number of para-hydroxylation sites is 1. The van der Waals surface area contributed by atoms with Gasteiger partial charge in [-0.05, 0) is 12.1 Å². The minimum atomic E-state index is -0.726. The Hall–Kier alpha value is -3.23. The van der Waals surface area contributed by atoms with Crippen molar-refractivity contribution >= 4 is 17.5 Å². The van der Waals surface area contributed by atoms with Crippen LogP contribution in [0.3, 0.4) is 0 Å². The molecule has 0 aliphatic carbocycles. The number of hydrogen-bond donors (Lipinski definition) is 1. The van der Waals surface area contributed by atoms with Crippen molar-refractivity contribution in [3.63, 3.8) is 0 Å². The third-order valence-corrected chi connectivity index (χ3v) is 2.37. The molecule has 0 atom stereocenters. The molecule has 0 radical (unpaired) electrons. The molecule has 0 fully saturated rings. The third-order valence-electron chi connectivity index (χ3n) is 2.37. The predicted octanol–water partition coefficient (Wildman–Crippen LogP) is 0.875. The third kappa shape index (κ3) is 3.66. The zero-order valence-corrected chi connectivity index (χ0v) is 11.8. The van der Waals surface area contributed by atoms with Gasteiger partial charge in [0, 0.05) is 6.92 Å². The molecule has 22 heavy (non-hydrogen) atoms. The summed E-state index contributed by atoms with van der Waals surface area (Å²) in [5.74, 6) is -1.01. The van der Waals surface area contributed by atoms with Crippen molar-refractivity contribution in [2.75, 3.05) is 7.11 Å². The van der Waals surface area contributed by atoms with E-state index >= 15 is 0 Å². The van der Waals surface area contributed by atoms with Crippen LogP contribution in [0.25, 0.3) is 0 Å². The van der Waals surface area contributed by atoms with Gasteiger partial charge in [-0.1, -0.05) is 22.4 Å². The molecule has 0 saturated heterocycles. The molecule has 0 spiro atoms. The standard InChI is InChI=1S/C13H12N4O5/c1-8(18)16-12(19)11(17-20-2)9-5-3-4-6-10(9)21-13-14-7-15-22-13/h3-7H,1-2H3,(H,16,18,19)/b17-11+. The van der Waals surface area contributed by atoms with Crippen molar-refractivity contribution in [1.82, 2.24) is 15.5 Å². The molecular formula is C13H12N4O5. The van der Waals surface area contributed by atoms with E-state index in [9.17, 15) is 9.59 Å². The fourth-order valence-corrected chi connectivity index (χ4v) is 1.58. The first kappa shape index (κ1) is 15.2. The predicted molar refractivity (Wildman–Crippen MR) is 73.2 cm³/mol. The zero-order valence-electron chi connectivity index (χ0n) is 11.8. The highest BCUT2D eigenvalue weighted by Gasteiger charge is 2.21. The highest BCUT2D eigenvalue weighted by Crippen LogP contribution is 2.24. The van der Waals surface area contributed by atoms with E-state index in [-0.39, 0.29) is 17.5 Å². The molecule has 2 aromatic rings. The lowest BCUT2D eigenvalue weighted by molar-refractivity contribution is -0.125. The lowest BCUT2D eigenvalue weighted by Crippen LogP contribution is -2.35. The first-order valence-electron chi connectivity index (χ1n) is 6.08.